The molecular formula is C15H23N3O. The molecular weight excluding hydrogens is 238 g/mol. The van der Waals surface area contributed by atoms with E-state index >= 15 is 0 Å². The molecule has 0 aliphatic heterocycles. The molecule has 4 heteroatoms. The molecule has 0 spiro atoms. The van der Waals surface area contributed by atoms with Crippen molar-refractivity contribution in [1.82, 2.24) is 15.6 Å². The predicted molar refractivity (Wildman–Crippen MR) is 76.0 cm³/mol. The third-order valence-electron chi connectivity index (χ3n) is 3.69. The van der Waals surface area contributed by atoms with E-state index in [1.807, 2.05) is 0 Å². The van der Waals surface area contributed by atoms with Crippen molar-refractivity contribution >= 4 is 5.91 Å². The lowest BCUT2D eigenvalue weighted by Crippen LogP contribution is -2.42. The van der Waals surface area contributed by atoms with Crippen LogP contribution < -0.4 is 10.6 Å². The third-order valence-corrected chi connectivity index (χ3v) is 3.69. The minimum absolute atomic E-state index is 0.0207. The lowest BCUT2D eigenvalue weighted by molar-refractivity contribution is 0.0924. The molecule has 2 N–H and O–H groups in total. The number of aromatic nitrogens is 1. The predicted octanol–water partition coefficient (Wildman–Crippen LogP) is 2.12. The Kier molecular flexibility index (Phi) is 5.33. The molecule has 19 heavy (non-hydrogen) atoms. The maximum absolute atomic E-state index is 12.0. The minimum atomic E-state index is 0.0207. The minimum Gasteiger partial charge on any atom is -0.349 e. The molecule has 2 rings (SSSR count). The van der Waals surface area contributed by atoms with Gasteiger partial charge in [0.1, 0.15) is 0 Å². The van der Waals surface area contributed by atoms with Crippen molar-refractivity contribution in [3.8, 4) is 0 Å². The molecule has 0 atom stereocenters. The number of pyridine rings is 1. The van der Waals surface area contributed by atoms with Gasteiger partial charge in [-0.2, -0.15) is 0 Å². The number of carbonyl (C=O) groups excluding carboxylic acids is 1. The zero-order valence-corrected chi connectivity index (χ0v) is 11.6. The van der Waals surface area contributed by atoms with Crippen LogP contribution in [0.1, 0.15) is 49.4 Å². The van der Waals surface area contributed by atoms with Crippen LogP contribution in [0.5, 0.6) is 0 Å². The first-order valence-corrected chi connectivity index (χ1v) is 7.24. The van der Waals surface area contributed by atoms with Crippen molar-refractivity contribution in [2.75, 3.05) is 6.54 Å². The highest BCUT2D eigenvalue weighted by Gasteiger charge is 2.22. The van der Waals surface area contributed by atoms with E-state index in [1.54, 1.807) is 24.5 Å². The lowest BCUT2D eigenvalue weighted by Gasteiger charge is -2.29. The van der Waals surface area contributed by atoms with Crippen LogP contribution in [0, 0.1) is 0 Å². The van der Waals surface area contributed by atoms with Crippen LogP contribution in [0.4, 0.5) is 0 Å². The average Bonchev–Trinajstić information content (AvgIpc) is 2.47. The fourth-order valence-corrected chi connectivity index (χ4v) is 2.56. The van der Waals surface area contributed by atoms with E-state index in [0.29, 0.717) is 17.6 Å². The van der Waals surface area contributed by atoms with E-state index in [-0.39, 0.29) is 5.91 Å². The smallest absolute Gasteiger partial charge is 0.251 e. The molecule has 1 aromatic heterocycles. The van der Waals surface area contributed by atoms with E-state index in [9.17, 15) is 4.79 Å². The second-order valence-electron chi connectivity index (χ2n) is 5.21. The first-order valence-electron chi connectivity index (χ1n) is 7.24. The van der Waals surface area contributed by atoms with Crippen molar-refractivity contribution in [3.05, 3.63) is 30.1 Å². The Bertz CT molecular complexity index is 386. The summed E-state index contributed by atoms with van der Waals surface area (Å²) in [5.41, 5.74) is 0.696. The van der Waals surface area contributed by atoms with E-state index in [4.69, 9.17) is 0 Å². The maximum atomic E-state index is 12.0. The molecule has 4 nitrogen and oxygen atoms in total. The van der Waals surface area contributed by atoms with Gasteiger partial charge in [0.15, 0.2) is 0 Å². The molecule has 1 aliphatic rings. The highest BCUT2D eigenvalue weighted by molar-refractivity contribution is 5.94. The van der Waals surface area contributed by atoms with Gasteiger partial charge in [0.05, 0.1) is 0 Å². The molecule has 0 saturated heterocycles. The van der Waals surface area contributed by atoms with Gasteiger partial charge in [0, 0.05) is 30.0 Å². The second kappa shape index (κ2) is 7.24. The van der Waals surface area contributed by atoms with Crippen molar-refractivity contribution in [2.45, 2.75) is 51.1 Å². The molecule has 1 heterocycles. The molecule has 1 aromatic rings. The Labute approximate surface area is 115 Å². The maximum Gasteiger partial charge on any atom is 0.251 e. The van der Waals surface area contributed by atoms with Crippen molar-refractivity contribution < 1.29 is 4.79 Å². The summed E-state index contributed by atoms with van der Waals surface area (Å²) in [7, 11) is 0. The van der Waals surface area contributed by atoms with E-state index in [0.717, 1.165) is 32.2 Å². The van der Waals surface area contributed by atoms with Gasteiger partial charge in [-0.1, -0.05) is 6.92 Å². The summed E-state index contributed by atoms with van der Waals surface area (Å²) >= 11 is 0. The van der Waals surface area contributed by atoms with Crippen molar-refractivity contribution in [1.29, 1.82) is 0 Å². The first-order chi connectivity index (χ1) is 9.29. The Balaban J connectivity index is 1.75. The lowest BCUT2D eigenvalue weighted by atomic mass is 9.91. The zero-order valence-electron chi connectivity index (χ0n) is 11.6. The molecule has 0 bridgehead atoms. The van der Waals surface area contributed by atoms with Crippen LogP contribution in [0.25, 0.3) is 0 Å². The molecule has 1 fully saturated rings. The number of carbonyl (C=O) groups is 1. The number of amides is 1. The van der Waals surface area contributed by atoms with Gasteiger partial charge >= 0.3 is 0 Å². The van der Waals surface area contributed by atoms with Crippen LogP contribution >= 0.6 is 0 Å². The highest BCUT2D eigenvalue weighted by Crippen LogP contribution is 2.19. The summed E-state index contributed by atoms with van der Waals surface area (Å²) < 4.78 is 0. The normalized spacial score (nSPS) is 23.0. The molecule has 104 valence electrons. The Morgan fingerprint density at radius 1 is 1.21 bits per heavy atom. The number of rotatable bonds is 5. The third kappa shape index (κ3) is 4.31. The SMILES string of the molecule is CCCNC1CCC(NC(=O)c2ccncc2)CC1. The number of nitrogens with zero attached hydrogens (tertiary/aromatic N) is 1. The summed E-state index contributed by atoms with van der Waals surface area (Å²) in [5.74, 6) is 0.0207. The molecule has 0 aromatic carbocycles. The first kappa shape index (κ1) is 14.0. The second-order valence-corrected chi connectivity index (χ2v) is 5.21. The van der Waals surface area contributed by atoms with Crippen molar-refractivity contribution in [3.63, 3.8) is 0 Å². The van der Waals surface area contributed by atoms with Gasteiger partial charge in [-0.15, -0.1) is 0 Å². The monoisotopic (exact) mass is 261 g/mol. The van der Waals surface area contributed by atoms with Gasteiger partial charge in [0.25, 0.3) is 5.91 Å². The van der Waals surface area contributed by atoms with Crippen molar-refractivity contribution in [2.24, 2.45) is 0 Å². The highest BCUT2D eigenvalue weighted by atomic mass is 16.1. The number of nitrogens with one attached hydrogen (secondary N) is 2. The average molecular weight is 261 g/mol. The van der Waals surface area contributed by atoms with E-state index in [1.165, 1.54) is 6.42 Å². The van der Waals surface area contributed by atoms with Gasteiger partial charge < -0.3 is 10.6 Å². The van der Waals surface area contributed by atoms with Gasteiger partial charge in [-0.25, -0.2) is 0 Å². The molecule has 0 unspecified atom stereocenters. The fraction of sp³-hybridized carbons (Fsp3) is 0.600. The zero-order chi connectivity index (χ0) is 13.5. The van der Waals surface area contributed by atoms with Crippen LogP contribution in [0.2, 0.25) is 0 Å². The van der Waals surface area contributed by atoms with Crippen LogP contribution in [0.15, 0.2) is 24.5 Å². The van der Waals surface area contributed by atoms with Gasteiger partial charge in [0.2, 0.25) is 0 Å². The molecule has 1 amide bonds. The number of hydrogen-bond acceptors (Lipinski definition) is 3. The summed E-state index contributed by atoms with van der Waals surface area (Å²) in [4.78, 5) is 15.9. The molecule has 1 saturated carbocycles. The quantitative estimate of drug-likeness (QED) is 0.853. The Morgan fingerprint density at radius 3 is 2.47 bits per heavy atom. The largest absolute Gasteiger partial charge is 0.349 e. The van der Waals surface area contributed by atoms with Crippen LogP contribution in [-0.2, 0) is 0 Å². The number of hydrogen-bond donors (Lipinski definition) is 2. The summed E-state index contributed by atoms with van der Waals surface area (Å²) in [6.45, 7) is 3.28. The topological polar surface area (TPSA) is 54.0 Å². The van der Waals surface area contributed by atoms with E-state index < -0.39 is 0 Å². The van der Waals surface area contributed by atoms with Crippen LogP contribution in [-0.4, -0.2) is 29.5 Å². The van der Waals surface area contributed by atoms with Gasteiger partial charge in [-0.05, 0) is 50.8 Å². The summed E-state index contributed by atoms with van der Waals surface area (Å²) in [5, 5.41) is 6.67. The summed E-state index contributed by atoms with van der Waals surface area (Å²) in [6, 6.07) is 4.46. The Hall–Kier alpha value is -1.42. The molecule has 0 radical (unpaired) electrons. The molecule has 1 aliphatic carbocycles. The fourth-order valence-electron chi connectivity index (χ4n) is 2.56. The van der Waals surface area contributed by atoms with Crippen LogP contribution in [0.3, 0.4) is 0 Å². The Morgan fingerprint density at radius 2 is 1.84 bits per heavy atom. The summed E-state index contributed by atoms with van der Waals surface area (Å²) in [6.07, 6.45) is 8.93. The standard InChI is InChI=1S/C15H23N3O/c1-2-9-17-13-3-5-14(6-4-13)18-15(19)12-7-10-16-11-8-12/h7-8,10-11,13-14,17H,2-6,9H2,1H3,(H,18,19). The van der Waals surface area contributed by atoms with Gasteiger partial charge in [-0.3, -0.25) is 9.78 Å². The van der Waals surface area contributed by atoms with E-state index in [2.05, 4.69) is 22.5 Å².